The van der Waals surface area contributed by atoms with E-state index in [0.29, 0.717) is 0 Å². The van der Waals surface area contributed by atoms with E-state index >= 15 is 0 Å². The van der Waals surface area contributed by atoms with Gasteiger partial charge >= 0.3 is 0 Å². The van der Waals surface area contributed by atoms with Crippen LogP contribution in [0.25, 0.3) is 75.5 Å². The molecule has 0 bridgehead atoms. The number of hydrogen-bond acceptors (Lipinski definition) is 3. The number of nitrogens with zero attached hydrogens (tertiary/aromatic N) is 1. The number of fused-ring (bicyclic) bond motifs is 6. The molecule has 0 amide bonds. The zero-order valence-electron chi connectivity index (χ0n) is 27.7. The molecule has 0 saturated heterocycles. The van der Waals surface area contributed by atoms with Gasteiger partial charge in [-0.1, -0.05) is 133 Å². The summed E-state index contributed by atoms with van der Waals surface area (Å²) in [5.41, 5.74) is 12.2. The highest BCUT2D eigenvalue weighted by atomic mass is 32.1. The Morgan fingerprint density at radius 2 is 0.980 bits per heavy atom. The fourth-order valence-corrected chi connectivity index (χ4v) is 8.70. The van der Waals surface area contributed by atoms with E-state index in [4.69, 9.17) is 4.42 Å². The molecule has 2 heterocycles. The number of furan rings is 1. The maximum Gasteiger partial charge on any atom is 0.137 e. The van der Waals surface area contributed by atoms with Crippen LogP contribution in [0.5, 0.6) is 0 Å². The van der Waals surface area contributed by atoms with E-state index in [9.17, 15) is 0 Å². The van der Waals surface area contributed by atoms with Gasteiger partial charge in [0.2, 0.25) is 0 Å². The molecule has 0 N–H and O–H groups in total. The molecule has 0 aliphatic carbocycles. The van der Waals surface area contributed by atoms with Crippen molar-refractivity contribution in [1.29, 1.82) is 0 Å². The van der Waals surface area contributed by atoms with Crippen LogP contribution in [0, 0.1) is 0 Å². The summed E-state index contributed by atoms with van der Waals surface area (Å²) in [5.74, 6) is 0. The summed E-state index contributed by atoms with van der Waals surface area (Å²) in [6, 6.07) is 67.4. The van der Waals surface area contributed by atoms with Gasteiger partial charge in [0.25, 0.3) is 0 Å². The van der Waals surface area contributed by atoms with Crippen molar-refractivity contribution in [3.05, 3.63) is 188 Å². The molecule has 2 nitrogen and oxygen atoms in total. The summed E-state index contributed by atoms with van der Waals surface area (Å²) in [6.45, 7) is 0. The van der Waals surface area contributed by atoms with E-state index < -0.39 is 0 Å². The number of thiophene rings is 1. The van der Waals surface area contributed by atoms with Gasteiger partial charge in [-0.2, -0.15) is 0 Å². The first-order chi connectivity index (χ1) is 25.3. The van der Waals surface area contributed by atoms with Gasteiger partial charge in [0.15, 0.2) is 0 Å². The summed E-state index contributed by atoms with van der Waals surface area (Å²) in [6.07, 6.45) is 0. The molecule has 0 spiro atoms. The molecule has 3 heteroatoms. The molecule has 240 valence electrons. The van der Waals surface area contributed by atoms with Crippen LogP contribution in [0.4, 0.5) is 17.1 Å². The second-order valence-electron chi connectivity index (χ2n) is 12.9. The zero-order valence-corrected chi connectivity index (χ0v) is 28.5. The standard InChI is InChI=1S/C48H31NOS/c1-3-13-32(14-4-1)37-30-29-36(31-41(37)33-15-5-2-6-16-33)49(42-20-12-22-44-48(42)39-17-7-9-21-43(39)50-44)35-27-25-34(26-28-35)38-19-11-24-46-47(38)40-18-8-10-23-45(40)51-46/h1-31H. The zero-order chi connectivity index (χ0) is 33.7. The van der Waals surface area contributed by atoms with E-state index in [0.717, 1.165) is 39.0 Å². The van der Waals surface area contributed by atoms with Gasteiger partial charge in [0, 0.05) is 36.9 Å². The van der Waals surface area contributed by atoms with Gasteiger partial charge in [-0.15, -0.1) is 11.3 Å². The van der Waals surface area contributed by atoms with Crippen molar-refractivity contribution in [2.24, 2.45) is 0 Å². The van der Waals surface area contributed by atoms with Crippen molar-refractivity contribution in [3.63, 3.8) is 0 Å². The average molecular weight is 670 g/mol. The van der Waals surface area contributed by atoms with Crippen LogP contribution in [0.15, 0.2) is 192 Å². The summed E-state index contributed by atoms with van der Waals surface area (Å²) in [5, 5.41) is 4.83. The molecule has 0 aliphatic rings. The summed E-state index contributed by atoms with van der Waals surface area (Å²) >= 11 is 1.86. The first-order valence-corrected chi connectivity index (χ1v) is 18.1. The van der Waals surface area contributed by atoms with Crippen molar-refractivity contribution in [2.45, 2.75) is 0 Å². The lowest BCUT2D eigenvalue weighted by Crippen LogP contribution is -2.10. The first kappa shape index (κ1) is 29.5. The van der Waals surface area contributed by atoms with Crippen LogP contribution in [0.1, 0.15) is 0 Å². The van der Waals surface area contributed by atoms with Crippen molar-refractivity contribution in [1.82, 2.24) is 0 Å². The lowest BCUT2D eigenvalue weighted by molar-refractivity contribution is 0.669. The highest BCUT2D eigenvalue weighted by molar-refractivity contribution is 7.25. The van der Waals surface area contributed by atoms with Gasteiger partial charge in [0.05, 0.1) is 11.1 Å². The monoisotopic (exact) mass is 669 g/mol. The van der Waals surface area contributed by atoms with Crippen molar-refractivity contribution < 1.29 is 4.42 Å². The minimum Gasteiger partial charge on any atom is -0.456 e. The fraction of sp³-hybridized carbons (Fsp3) is 0. The SMILES string of the molecule is c1ccc(-c2ccc(N(c3ccc(-c4cccc5sc6ccccc6c45)cc3)c3cccc4oc5ccccc5c34)cc2-c2ccccc2)cc1. The number of rotatable bonds is 6. The van der Waals surface area contributed by atoms with Gasteiger partial charge in [-0.25, -0.2) is 0 Å². The van der Waals surface area contributed by atoms with Crippen LogP contribution >= 0.6 is 11.3 Å². The largest absolute Gasteiger partial charge is 0.456 e. The third kappa shape index (κ3) is 5.01. The van der Waals surface area contributed by atoms with Crippen LogP contribution in [0.2, 0.25) is 0 Å². The maximum absolute atomic E-state index is 6.40. The summed E-state index contributed by atoms with van der Waals surface area (Å²) < 4.78 is 9.03. The lowest BCUT2D eigenvalue weighted by atomic mass is 9.93. The predicted molar refractivity (Wildman–Crippen MR) is 218 cm³/mol. The van der Waals surface area contributed by atoms with Crippen molar-refractivity contribution in [3.8, 4) is 33.4 Å². The molecule has 0 aliphatic heterocycles. The van der Waals surface area contributed by atoms with Crippen molar-refractivity contribution >= 4 is 70.5 Å². The maximum atomic E-state index is 6.40. The number of hydrogen-bond donors (Lipinski definition) is 0. The Bertz CT molecular complexity index is 2850. The Morgan fingerprint density at radius 1 is 0.373 bits per heavy atom. The van der Waals surface area contributed by atoms with Crippen LogP contribution in [0.3, 0.4) is 0 Å². The predicted octanol–water partition coefficient (Wildman–Crippen LogP) is 14.4. The van der Waals surface area contributed by atoms with E-state index in [-0.39, 0.29) is 0 Å². The smallest absolute Gasteiger partial charge is 0.137 e. The Hall–Kier alpha value is -6.42. The van der Waals surface area contributed by atoms with Gasteiger partial charge in [-0.3, -0.25) is 0 Å². The van der Waals surface area contributed by atoms with Crippen LogP contribution in [-0.2, 0) is 0 Å². The third-order valence-electron chi connectivity index (χ3n) is 9.89. The second-order valence-corrected chi connectivity index (χ2v) is 14.0. The Balaban J connectivity index is 1.19. The Kier molecular flexibility index (Phi) is 7.04. The van der Waals surface area contributed by atoms with Crippen molar-refractivity contribution in [2.75, 3.05) is 4.90 Å². The van der Waals surface area contributed by atoms with E-state index in [1.54, 1.807) is 0 Å². The molecule has 8 aromatic carbocycles. The molecule has 0 fully saturated rings. The molecule has 10 aromatic rings. The lowest BCUT2D eigenvalue weighted by Gasteiger charge is -2.27. The average Bonchev–Trinajstić information content (AvgIpc) is 3.78. The highest BCUT2D eigenvalue weighted by Crippen LogP contribution is 2.46. The fourth-order valence-electron chi connectivity index (χ4n) is 7.57. The molecule has 0 atom stereocenters. The van der Waals surface area contributed by atoms with Gasteiger partial charge in [-0.05, 0) is 88.0 Å². The molecule has 10 rings (SSSR count). The van der Waals surface area contributed by atoms with Gasteiger partial charge < -0.3 is 9.32 Å². The number of benzene rings is 8. The van der Waals surface area contributed by atoms with E-state index in [1.807, 2.05) is 17.4 Å². The highest BCUT2D eigenvalue weighted by Gasteiger charge is 2.21. The summed E-state index contributed by atoms with van der Waals surface area (Å²) in [4.78, 5) is 2.38. The third-order valence-corrected chi connectivity index (χ3v) is 11.0. The molecule has 2 aromatic heterocycles. The summed E-state index contributed by atoms with van der Waals surface area (Å²) in [7, 11) is 0. The van der Waals surface area contributed by atoms with Crippen LogP contribution in [-0.4, -0.2) is 0 Å². The minimum absolute atomic E-state index is 0.871. The molecular weight excluding hydrogens is 639 g/mol. The van der Waals surface area contributed by atoms with E-state index in [2.05, 4.69) is 187 Å². The second kappa shape index (κ2) is 12.2. The van der Waals surface area contributed by atoms with E-state index in [1.165, 1.54) is 53.6 Å². The molecule has 0 unspecified atom stereocenters. The first-order valence-electron chi connectivity index (χ1n) is 17.3. The number of para-hydroxylation sites is 1. The van der Waals surface area contributed by atoms with Gasteiger partial charge in [0.1, 0.15) is 11.2 Å². The van der Waals surface area contributed by atoms with Crippen LogP contribution < -0.4 is 4.90 Å². The molecule has 0 radical (unpaired) electrons. The molecular formula is C48H31NOS. The minimum atomic E-state index is 0.871. The topological polar surface area (TPSA) is 16.4 Å². The molecule has 0 saturated carbocycles. The Morgan fingerprint density at radius 3 is 1.78 bits per heavy atom. The Labute approximate surface area is 300 Å². The normalized spacial score (nSPS) is 11.5. The number of anilines is 3. The molecule has 51 heavy (non-hydrogen) atoms. The quantitative estimate of drug-likeness (QED) is 0.175.